The normalized spacial score (nSPS) is 13.1. The Hall–Kier alpha value is -2.73. The first-order chi connectivity index (χ1) is 13.7. The minimum atomic E-state index is 0.294. The molecule has 2 N–H and O–H groups in total. The quantitative estimate of drug-likeness (QED) is 0.543. The minimum Gasteiger partial charge on any atom is -0.454 e. The van der Waals surface area contributed by atoms with Gasteiger partial charge in [0.2, 0.25) is 6.79 Å². The summed E-state index contributed by atoms with van der Waals surface area (Å²) in [5, 5.41) is 6.78. The van der Waals surface area contributed by atoms with Crippen LogP contribution >= 0.6 is 0 Å². The molecular weight excluding hydrogens is 352 g/mol. The van der Waals surface area contributed by atoms with Gasteiger partial charge in [-0.3, -0.25) is 9.89 Å². The van der Waals surface area contributed by atoms with E-state index in [-0.39, 0.29) is 0 Å². The number of aliphatic imine (C=N–C) groups is 1. The largest absolute Gasteiger partial charge is 0.454 e. The lowest BCUT2D eigenvalue weighted by atomic mass is 10.1. The standard InChI is InChI=1S/C22H30N4O2/c1-4-26(5-2)15-19-9-7-6-8-18(19)14-25-22(23-3)24-13-17-10-11-20-21(12-17)28-16-27-20/h6-12H,4-5,13-16H2,1-3H3,(H2,23,24,25). The maximum Gasteiger partial charge on any atom is 0.231 e. The van der Waals surface area contributed by atoms with Crippen molar-refractivity contribution in [2.75, 3.05) is 26.9 Å². The van der Waals surface area contributed by atoms with Crippen LogP contribution in [0.5, 0.6) is 11.5 Å². The van der Waals surface area contributed by atoms with E-state index in [1.54, 1.807) is 7.05 Å². The molecule has 0 bridgehead atoms. The molecule has 0 atom stereocenters. The first-order valence-electron chi connectivity index (χ1n) is 9.85. The molecule has 1 aliphatic rings. The number of fused-ring (bicyclic) bond motifs is 1. The molecule has 0 aromatic heterocycles. The van der Waals surface area contributed by atoms with Gasteiger partial charge < -0.3 is 20.1 Å². The van der Waals surface area contributed by atoms with Crippen molar-refractivity contribution < 1.29 is 9.47 Å². The fourth-order valence-electron chi connectivity index (χ4n) is 3.21. The first kappa shape index (κ1) is 20.0. The summed E-state index contributed by atoms with van der Waals surface area (Å²) in [5.74, 6) is 2.37. The zero-order chi connectivity index (χ0) is 19.8. The highest BCUT2D eigenvalue weighted by Crippen LogP contribution is 2.32. The van der Waals surface area contributed by atoms with Gasteiger partial charge in [0.15, 0.2) is 17.5 Å². The number of hydrogen-bond acceptors (Lipinski definition) is 4. The Morgan fingerprint density at radius 1 is 0.964 bits per heavy atom. The summed E-state index contributed by atoms with van der Waals surface area (Å²) in [4.78, 5) is 6.76. The Morgan fingerprint density at radius 2 is 1.68 bits per heavy atom. The van der Waals surface area contributed by atoms with E-state index in [0.717, 1.165) is 49.2 Å². The average molecular weight is 383 g/mol. The van der Waals surface area contributed by atoms with E-state index in [2.05, 4.69) is 58.6 Å². The minimum absolute atomic E-state index is 0.294. The molecule has 6 heteroatoms. The average Bonchev–Trinajstić information content (AvgIpc) is 3.20. The van der Waals surface area contributed by atoms with Gasteiger partial charge in [-0.25, -0.2) is 0 Å². The SMILES string of the molecule is CCN(CC)Cc1ccccc1CNC(=NC)NCc1ccc2c(c1)OCO2. The number of nitrogens with zero attached hydrogens (tertiary/aromatic N) is 2. The number of hydrogen-bond donors (Lipinski definition) is 2. The summed E-state index contributed by atoms with van der Waals surface area (Å²) in [6.45, 7) is 9.17. The molecule has 3 rings (SSSR count). The van der Waals surface area contributed by atoms with E-state index >= 15 is 0 Å². The van der Waals surface area contributed by atoms with Crippen LogP contribution in [0.15, 0.2) is 47.5 Å². The summed E-state index contributed by atoms with van der Waals surface area (Å²) >= 11 is 0. The van der Waals surface area contributed by atoms with Crippen LogP contribution in [0.1, 0.15) is 30.5 Å². The van der Waals surface area contributed by atoms with Crippen molar-refractivity contribution in [2.24, 2.45) is 4.99 Å². The molecular formula is C22H30N4O2. The Morgan fingerprint density at radius 3 is 2.43 bits per heavy atom. The highest BCUT2D eigenvalue weighted by molar-refractivity contribution is 5.79. The first-order valence-corrected chi connectivity index (χ1v) is 9.85. The molecule has 1 aliphatic heterocycles. The highest BCUT2D eigenvalue weighted by Gasteiger charge is 2.13. The van der Waals surface area contributed by atoms with Crippen LogP contribution in [0.3, 0.4) is 0 Å². The van der Waals surface area contributed by atoms with Crippen LogP contribution in [-0.2, 0) is 19.6 Å². The third-order valence-electron chi connectivity index (χ3n) is 4.97. The monoisotopic (exact) mass is 382 g/mol. The van der Waals surface area contributed by atoms with E-state index in [0.29, 0.717) is 13.3 Å². The molecule has 150 valence electrons. The van der Waals surface area contributed by atoms with E-state index in [1.807, 2.05) is 18.2 Å². The molecule has 1 heterocycles. The second kappa shape index (κ2) is 9.99. The van der Waals surface area contributed by atoms with Crippen molar-refractivity contribution in [3.63, 3.8) is 0 Å². The maximum absolute atomic E-state index is 5.44. The zero-order valence-electron chi connectivity index (χ0n) is 17.0. The second-order valence-electron chi connectivity index (χ2n) is 6.70. The van der Waals surface area contributed by atoms with Crippen molar-refractivity contribution in [3.8, 4) is 11.5 Å². The molecule has 0 aliphatic carbocycles. The Bertz CT molecular complexity index is 803. The maximum atomic E-state index is 5.44. The fraction of sp³-hybridized carbons (Fsp3) is 0.409. The zero-order valence-corrected chi connectivity index (χ0v) is 17.0. The van der Waals surface area contributed by atoms with Crippen molar-refractivity contribution in [2.45, 2.75) is 33.5 Å². The van der Waals surface area contributed by atoms with Gasteiger partial charge in [0.25, 0.3) is 0 Å². The van der Waals surface area contributed by atoms with Gasteiger partial charge in [0, 0.05) is 26.7 Å². The van der Waals surface area contributed by atoms with Crippen LogP contribution in [0.4, 0.5) is 0 Å². The molecule has 0 saturated heterocycles. The van der Waals surface area contributed by atoms with Gasteiger partial charge in [-0.05, 0) is 41.9 Å². The summed E-state index contributed by atoms with van der Waals surface area (Å²) in [5.41, 5.74) is 3.76. The van der Waals surface area contributed by atoms with Gasteiger partial charge in [-0.15, -0.1) is 0 Å². The van der Waals surface area contributed by atoms with Gasteiger partial charge in [0.1, 0.15) is 0 Å². The third kappa shape index (κ3) is 5.16. The van der Waals surface area contributed by atoms with Crippen LogP contribution < -0.4 is 20.1 Å². The highest BCUT2D eigenvalue weighted by atomic mass is 16.7. The lowest BCUT2D eigenvalue weighted by Gasteiger charge is -2.20. The summed E-state index contributed by atoms with van der Waals surface area (Å²) < 4.78 is 10.8. The molecule has 28 heavy (non-hydrogen) atoms. The van der Waals surface area contributed by atoms with Crippen molar-refractivity contribution >= 4 is 5.96 Å². The number of ether oxygens (including phenoxy) is 2. The van der Waals surface area contributed by atoms with E-state index in [1.165, 1.54) is 11.1 Å². The fourth-order valence-corrected chi connectivity index (χ4v) is 3.21. The molecule has 6 nitrogen and oxygen atoms in total. The molecule has 0 amide bonds. The molecule has 0 unspecified atom stereocenters. The second-order valence-corrected chi connectivity index (χ2v) is 6.70. The van der Waals surface area contributed by atoms with E-state index < -0.39 is 0 Å². The molecule has 2 aromatic rings. The Kier molecular flexibility index (Phi) is 7.14. The van der Waals surface area contributed by atoms with Crippen LogP contribution in [0.2, 0.25) is 0 Å². The van der Waals surface area contributed by atoms with Gasteiger partial charge in [0.05, 0.1) is 0 Å². The number of benzene rings is 2. The number of nitrogens with one attached hydrogen (secondary N) is 2. The number of guanidine groups is 1. The van der Waals surface area contributed by atoms with Gasteiger partial charge in [-0.1, -0.05) is 44.2 Å². The van der Waals surface area contributed by atoms with E-state index in [9.17, 15) is 0 Å². The van der Waals surface area contributed by atoms with Crippen molar-refractivity contribution in [1.82, 2.24) is 15.5 Å². The lowest BCUT2D eigenvalue weighted by Crippen LogP contribution is -2.36. The van der Waals surface area contributed by atoms with Gasteiger partial charge >= 0.3 is 0 Å². The van der Waals surface area contributed by atoms with Crippen molar-refractivity contribution in [1.29, 1.82) is 0 Å². The third-order valence-corrected chi connectivity index (χ3v) is 4.97. The molecule has 0 radical (unpaired) electrons. The summed E-state index contributed by atoms with van der Waals surface area (Å²) in [7, 11) is 1.79. The molecule has 2 aromatic carbocycles. The molecule has 0 saturated carbocycles. The van der Waals surface area contributed by atoms with Crippen molar-refractivity contribution in [3.05, 3.63) is 59.2 Å². The predicted molar refractivity (Wildman–Crippen MR) is 113 cm³/mol. The summed E-state index contributed by atoms with van der Waals surface area (Å²) in [6, 6.07) is 14.6. The lowest BCUT2D eigenvalue weighted by molar-refractivity contribution is 0.174. The van der Waals surface area contributed by atoms with Crippen LogP contribution in [-0.4, -0.2) is 37.8 Å². The van der Waals surface area contributed by atoms with Crippen LogP contribution in [0, 0.1) is 0 Å². The van der Waals surface area contributed by atoms with Crippen LogP contribution in [0.25, 0.3) is 0 Å². The predicted octanol–water partition coefficient (Wildman–Crippen LogP) is 3.12. The van der Waals surface area contributed by atoms with E-state index in [4.69, 9.17) is 9.47 Å². The molecule has 0 fully saturated rings. The Labute approximate surface area is 167 Å². The van der Waals surface area contributed by atoms with Gasteiger partial charge in [-0.2, -0.15) is 0 Å². The number of rotatable bonds is 8. The summed E-state index contributed by atoms with van der Waals surface area (Å²) in [6.07, 6.45) is 0. The molecule has 0 spiro atoms. The Balaban J connectivity index is 1.56. The smallest absolute Gasteiger partial charge is 0.231 e. The topological polar surface area (TPSA) is 58.1 Å².